The van der Waals surface area contributed by atoms with E-state index in [1.807, 2.05) is 0 Å². The van der Waals surface area contributed by atoms with Crippen molar-refractivity contribution in [3.63, 3.8) is 0 Å². The topological polar surface area (TPSA) is 248 Å². The number of carbonyl (C=O) groups excluding carboxylic acids is 3. The van der Waals surface area contributed by atoms with E-state index in [1.54, 1.807) is 0 Å². The Morgan fingerprint density at radius 2 is 1.95 bits per heavy atom. The first-order valence-corrected chi connectivity index (χ1v) is 13.1. The molecule has 0 aliphatic carbocycles. The summed E-state index contributed by atoms with van der Waals surface area (Å²) in [5, 5.41) is 51.5. The highest BCUT2D eigenvalue weighted by atomic mass is 16.6. The number of hydrogen-bond donors (Lipinski definition) is 10. The molecule has 3 amide bonds. The van der Waals surface area contributed by atoms with E-state index in [4.69, 9.17) is 16.2 Å². The summed E-state index contributed by atoms with van der Waals surface area (Å²) >= 11 is 0. The van der Waals surface area contributed by atoms with E-state index < -0.39 is 66.9 Å². The lowest BCUT2D eigenvalue weighted by Crippen LogP contribution is -2.62. The molecule has 2 fully saturated rings. The average molecular weight is 548 g/mol. The van der Waals surface area contributed by atoms with Crippen LogP contribution in [-0.2, 0) is 19.1 Å². The molecule has 2 saturated heterocycles. The number of aliphatic hydroxyl groups is 4. The molecule has 220 valence electrons. The summed E-state index contributed by atoms with van der Waals surface area (Å²) in [6.07, 6.45) is -0.603. The van der Waals surface area contributed by atoms with Gasteiger partial charge in [0, 0.05) is 19.6 Å². The highest BCUT2D eigenvalue weighted by Crippen LogP contribution is 2.25. The van der Waals surface area contributed by atoms with Crippen LogP contribution in [0.5, 0.6) is 0 Å². The smallest absolute Gasteiger partial charge is 0.245 e. The third-order valence-corrected chi connectivity index (χ3v) is 6.86. The van der Waals surface area contributed by atoms with Crippen LogP contribution in [0.15, 0.2) is 0 Å². The molecule has 12 N–H and O–H groups in total. The molecule has 0 radical (unpaired) electrons. The zero-order valence-electron chi connectivity index (χ0n) is 22.1. The van der Waals surface area contributed by atoms with Crippen molar-refractivity contribution in [1.29, 1.82) is 0 Å². The van der Waals surface area contributed by atoms with E-state index in [0.717, 1.165) is 4.90 Å². The van der Waals surface area contributed by atoms with Gasteiger partial charge >= 0.3 is 0 Å². The summed E-state index contributed by atoms with van der Waals surface area (Å²) in [7, 11) is 1.37. The molecule has 2 aliphatic rings. The first-order valence-electron chi connectivity index (χ1n) is 13.1. The molecule has 2 heterocycles. The normalized spacial score (nSPS) is 34.2. The molecule has 38 heavy (non-hydrogen) atoms. The van der Waals surface area contributed by atoms with Gasteiger partial charge in [-0.3, -0.25) is 25.0 Å². The van der Waals surface area contributed by atoms with Crippen LogP contribution < -0.4 is 32.7 Å². The first-order chi connectivity index (χ1) is 18.0. The van der Waals surface area contributed by atoms with E-state index in [1.165, 1.54) is 14.0 Å². The molecule has 2 aliphatic heterocycles. The number of aliphatic hydroxyl groups excluding tert-OH is 4. The number of epoxide rings is 1. The second kappa shape index (κ2) is 15.6. The highest BCUT2D eigenvalue weighted by Gasteiger charge is 2.40. The van der Waals surface area contributed by atoms with Gasteiger partial charge in [-0.15, -0.1) is 0 Å². The van der Waals surface area contributed by atoms with Crippen LogP contribution in [0, 0.1) is 0 Å². The van der Waals surface area contributed by atoms with E-state index in [2.05, 4.69) is 21.3 Å². The van der Waals surface area contributed by atoms with Crippen molar-refractivity contribution in [1.82, 2.24) is 26.2 Å². The molecule has 9 atom stereocenters. The van der Waals surface area contributed by atoms with Crippen molar-refractivity contribution in [3.05, 3.63) is 0 Å². The molecular formula is C23H45N7O8. The van der Waals surface area contributed by atoms with Gasteiger partial charge in [0.25, 0.3) is 0 Å². The van der Waals surface area contributed by atoms with Crippen molar-refractivity contribution in [2.75, 3.05) is 33.4 Å². The predicted octanol–water partition coefficient (Wildman–Crippen LogP) is -5.01. The average Bonchev–Trinajstić information content (AvgIpc) is 3.62. The van der Waals surface area contributed by atoms with Crippen molar-refractivity contribution in [3.8, 4) is 0 Å². The number of hydrogen-bond acceptors (Lipinski definition) is 12. The molecule has 0 aromatic carbocycles. The number of nitrogens with one attached hydrogen (secondary N) is 4. The molecule has 0 aromatic heterocycles. The first kappa shape index (κ1) is 32.3. The van der Waals surface area contributed by atoms with Crippen LogP contribution in [-0.4, -0.2) is 131 Å². The SMILES string of the molecule is CC(O)[C@H]1C(=O)N[C@@H](CO)C(O)N[C@H](C(N)=O)CCCCNC2OC2CC[C@H](NC[C@@H](N)CO)C(=O)N1C. The van der Waals surface area contributed by atoms with Crippen LogP contribution in [0.3, 0.4) is 0 Å². The third kappa shape index (κ3) is 9.66. The Morgan fingerprint density at radius 1 is 1.24 bits per heavy atom. The fourth-order valence-electron chi connectivity index (χ4n) is 4.49. The van der Waals surface area contributed by atoms with Crippen LogP contribution in [0.1, 0.15) is 39.0 Å². The Bertz CT molecular complexity index is 776. The molecule has 0 bridgehead atoms. The Balaban J connectivity index is 2.26. The van der Waals surface area contributed by atoms with Crippen LogP contribution >= 0.6 is 0 Å². The fourth-order valence-corrected chi connectivity index (χ4v) is 4.49. The van der Waals surface area contributed by atoms with Gasteiger partial charge in [-0.1, -0.05) is 6.42 Å². The van der Waals surface area contributed by atoms with Crippen LogP contribution in [0.4, 0.5) is 0 Å². The Labute approximate surface area is 222 Å². The fraction of sp³-hybridized carbons (Fsp3) is 0.870. The second-order valence-corrected chi connectivity index (χ2v) is 10.0. The number of nitrogens with two attached hydrogens (primary N) is 2. The van der Waals surface area contributed by atoms with Gasteiger partial charge in [-0.2, -0.15) is 0 Å². The van der Waals surface area contributed by atoms with Gasteiger partial charge < -0.3 is 52.2 Å². The van der Waals surface area contributed by atoms with Gasteiger partial charge in [0.1, 0.15) is 18.5 Å². The van der Waals surface area contributed by atoms with Gasteiger partial charge in [-0.05, 0) is 39.2 Å². The van der Waals surface area contributed by atoms with Crippen LogP contribution in [0.2, 0.25) is 0 Å². The van der Waals surface area contributed by atoms with E-state index in [9.17, 15) is 34.8 Å². The number of amides is 3. The molecule has 0 saturated carbocycles. The van der Waals surface area contributed by atoms with E-state index in [0.29, 0.717) is 38.6 Å². The molecule has 15 heteroatoms. The molecular weight excluding hydrogens is 502 g/mol. The summed E-state index contributed by atoms with van der Waals surface area (Å²) in [6, 6.07) is -4.90. The number of carbonyl (C=O) groups is 3. The van der Waals surface area contributed by atoms with Gasteiger partial charge in [0.2, 0.25) is 17.7 Å². The minimum absolute atomic E-state index is 0.109. The Hall–Kier alpha value is -1.95. The minimum atomic E-state index is -1.53. The van der Waals surface area contributed by atoms with Gasteiger partial charge in [-0.25, -0.2) is 0 Å². The molecule has 15 nitrogen and oxygen atoms in total. The Kier molecular flexibility index (Phi) is 13.2. The van der Waals surface area contributed by atoms with Crippen molar-refractivity contribution >= 4 is 17.7 Å². The second-order valence-electron chi connectivity index (χ2n) is 10.0. The van der Waals surface area contributed by atoms with Crippen molar-refractivity contribution < 1.29 is 39.5 Å². The molecule has 4 unspecified atom stereocenters. The predicted molar refractivity (Wildman–Crippen MR) is 136 cm³/mol. The zero-order valence-corrected chi connectivity index (χ0v) is 22.1. The summed E-state index contributed by atoms with van der Waals surface area (Å²) in [5.41, 5.74) is 11.3. The summed E-state index contributed by atoms with van der Waals surface area (Å²) < 4.78 is 5.65. The number of rotatable bonds is 7. The lowest BCUT2D eigenvalue weighted by Gasteiger charge is -2.34. The number of ether oxygens (including phenoxy) is 1. The zero-order chi connectivity index (χ0) is 28.4. The van der Waals surface area contributed by atoms with Crippen molar-refractivity contribution in [2.45, 2.75) is 93.9 Å². The largest absolute Gasteiger partial charge is 0.395 e. The lowest BCUT2D eigenvalue weighted by atomic mass is 10.0. The minimum Gasteiger partial charge on any atom is -0.395 e. The third-order valence-electron chi connectivity index (χ3n) is 6.86. The van der Waals surface area contributed by atoms with Gasteiger partial charge in [0.15, 0.2) is 0 Å². The number of primary amides is 1. The maximum Gasteiger partial charge on any atom is 0.245 e. The highest BCUT2D eigenvalue weighted by molar-refractivity contribution is 5.90. The quantitative estimate of drug-likeness (QED) is 0.135. The summed E-state index contributed by atoms with van der Waals surface area (Å²) in [4.78, 5) is 39.6. The monoisotopic (exact) mass is 547 g/mol. The summed E-state index contributed by atoms with van der Waals surface area (Å²) in [5.74, 6) is -2.00. The van der Waals surface area contributed by atoms with Crippen molar-refractivity contribution in [2.24, 2.45) is 11.5 Å². The lowest BCUT2D eigenvalue weighted by molar-refractivity contribution is -0.145. The van der Waals surface area contributed by atoms with Crippen LogP contribution in [0.25, 0.3) is 0 Å². The number of likely N-dealkylation sites (N-methyl/N-ethyl adjacent to an activating group) is 1. The molecule has 0 spiro atoms. The molecule has 2 rings (SSSR count). The standard InChI is InChI=1S/C23H45N7O8/c1-12(33)18-21(36)29-16(11-32)20(35)28-14(19(25)34)5-3-4-8-26-22-17(38-22)7-6-15(23(37)30(18)2)27-9-13(24)10-31/h12-18,20,22,26-28,31-33,35H,3-11,24H2,1-2H3,(H2,25,34)(H,29,36)/t12?,13-,14+,15+,16+,17?,18+,20?,22?/m1/s1. The number of fused-ring (bicyclic) bond motifs is 1. The van der Waals surface area contributed by atoms with E-state index in [-0.39, 0.29) is 25.5 Å². The summed E-state index contributed by atoms with van der Waals surface area (Å²) in [6.45, 7) is 1.13. The maximum absolute atomic E-state index is 13.4. The maximum atomic E-state index is 13.4. The van der Waals surface area contributed by atoms with E-state index >= 15 is 0 Å². The van der Waals surface area contributed by atoms with Gasteiger partial charge in [0.05, 0.1) is 43.5 Å². The Morgan fingerprint density at radius 3 is 2.55 bits per heavy atom. The number of nitrogens with zero attached hydrogens (tertiary/aromatic N) is 1. The molecule has 0 aromatic rings.